The summed E-state index contributed by atoms with van der Waals surface area (Å²) in [4.78, 5) is 37.6. The van der Waals surface area contributed by atoms with Crippen molar-refractivity contribution in [3.8, 4) is 0 Å². The number of aldehydes is 1. The average Bonchev–Trinajstić information content (AvgIpc) is 1.97. The topological polar surface area (TPSA) is 104 Å². The Balaban J connectivity index is 3.77. The minimum absolute atomic E-state index is 0.0995. The predicted molar refractivity (Wildman–Crippen MR) is 45.1 cm³/mol. The van der Waals surface area contributed by atoms with E-state index in [1.54, 1.807) is 6.92 Å². The number of hydrogen-bond donors (Lipinski definition) is 3. The molecule has 0 aliphatic carbocycles. The second-order valence-electron chi connectivity index (χ2n) is 2.74. The summed E-state index contributed by atoms with van der Waals surface area (Å²) in [6.07, 6.45) is -0.184. The molecule has 13 heavy (non-hydrogen) atoms. The largest absolute Gasteiger partial charge is 0.355 e. The van der Waals surface area contributed by atoms with E-state index in [0.29, 0.717) is 6.29 Å². The van der Waals surface area contributed by atoms with Crippen LogP contribution in [0.15, 0.2) is 0 Å². The van der Waals surface area contributed by atoms with Crippen molar-refractivity contribution in [1.29, 1.82) is 0 Å². The predicted octanol–water partition coefficient (Wildman–Crippen LogP) is -0.885. The summed E-state index contributed by atoms with van der Waals surface area (Å²) in [5, 5.41) is 2.23. The van der Waals surface area contributed by atoms with Crippen LogP contribution in [-0.4, -0.2) is 34.7 Å². The summed E-state index contributed by atoms with van der Waals surface area (Å²) >= 11 is 0. The molecule has 0 aromatic rings. The van der Waals surface area contributed by atoms with Crippen molar-refractivity contribution in [2.75, 3.05) is 12.7 Å². The van der Waals surface area contributed by atoms with Gasteiger partial charge in [-0.3, -0.25) is 9.36 Å². The van der Waals surface area contributed by atoms with Crippen LogP contribution in [0.3, 0.4) is 0 Å². The van der Waals surface area contributed by atoms with E-state index in [9.17, 15) is 14.2 Å². The molecule has 1 amide bonds. The maximum Gasteiger partial charge on any atom is 0.334 e. The highest BCUT2D eigenvalue weighted by molar-refractivity contribution is 7.52. The van der Waals surface area contributed by atoms with Gasteiger partial charge in [-0.2, -0.15) is 0 Å². The smallest absolute Gasteiger partial charge is 0.334 e. The molecule has 0 spiro atoms. The van der Waals surface area contributed by atoms with Crippen molar-refractivity contribution < 1.29 is 23.9 Å². The first kappa shape index (κ1) is 12.3. The molecule has 0 aromatic heterocycles. The maximum absolute atomic E-state index is 10.8. The van der Waals surface area contributed by atoms with Crippen molar-refractivity contribution in [2.45, 2.75) is 6.92 Å². The van der Waals surface area contributed by atoms with E-state index in [0.717, 1.165) is 0 Å². The second kappa shape index (κ2) is 5.11. The van der Waals surface area contributed by atoms with E-state index in [2.05, 4.69) is 5.32 Å². The van der Waals surface area contributed by atoms with E-state index in [1.807, 2.05) is 0 Å². The molecule has 0 saturated heterocycles. The molecular weight excluding hydrogens is 197 g/mol. The fourth-order valence-corrected chi connectivity index (χ4v) is 1.05. The monoisotopic (exact) mass is 209 g/mol. The number of amides is 1. The summed E-state index contributed by atoms with van der Waals surface area (Å²) in [6, 6.07) is 0. The molecule has 1 unspecified atom stereocenters. The number of nitrogens with one attached hydrogen (secondary N) is 1. The SMILES string of the molecule is CC(C=O)CNC(=O)CP(=O)(O)O. The molecule has 0 aliphatic heterocycles. The minimum atomic E-state index is -4.29. The first-order chi connectivity index (χ1) is 5.85. The average molecular weight is 209 g/mol. The van der Waals surface area contributed by atoms with Crippen LogP contribution in [0.2, 0.25) is 0 Å². The minimum Gasteiger partial charge on any atom is -0.355 e. The molecule has 6 nitrogen and oxygen atoms in total. The van der Waals surface area contributed by atoms with Crippen LogP contribution in [0.5, 0.6) is 0 Å². The summed E-state index contributed by atoms with van der Waals surface area (Å²) in [5.41, 5.74) is 0. The third-order valence-corrected chi connectivity index (χ3v) is 1.90. The quantitative estimate of drug-likeness (QED) is 0.402. The molecule has 76 valence electrons. The van der Waals surface area contributed by atoms with Gasteiger partial charge in [-0.25, -0.2) is 0 Å². The Labute approximate surface area is 75.5 Å². The Bertz CT molecular complexity index is 235. The summed E-state index contributed by atoms with van der Waals surface area (Å²) in [5.74, 6) is -1.09. The van der Waals surface area contributed by atoms with E-state index >= 15 is 0 Å². The van der Waals surface area contributed by atoms with Gasteiger partial charge >= 0.3 is 7.60 Å². The summed E-state index contributed by atoms with van der Waals surface area (Å²) < 4.78 is 10.3. The zero-order valence-corrected chi connectivity index (χ0v) is 8.03. The maximum atomic E-state index is 10.8. The van der Waals surface area contributed by atoms with Crippen LogP contribution >= 0.6 is 7.60 Å². The Hall–Kier alpha value is -0.710. The van der Waals surface area contributed by atoms with Gasteiger partial charge in [-0.05, 0) is 0 Å². The lowest BCUT2D eigenvalue weighted by Crippen LogP contribution is -2.30. The number of hydrogen-bond acceptors (Lipinski definition) is 3. The molecule has 0 bridgehead atoms. The van der Waals surface area contributed by atoms with E-state index in [4.69, 9.17) is 9.79 Å². The van der Waals surface area contributed by atoms with E-state index in [1.165, 1.54) is 0 Å². The van der Waals surface area contributed by atoms with Crippen LogP contribution in [0, 0.1) is 5.92 Å². The van der Waals surface area contributed by atoms with Gasteiger partial charge in [0.1, 0.15) is 12.4 Å². The molecule has 0 aromatic carbocycles. The Morgan fingerprint density at radius 3 is 2.54 bits per heavy atom. The van der Waals surface area contributed by atoms with Crippen molar-refractivity contribution in [3.05, 3.63) is 0 Å². The molecule has 0 saturated carbocycles. The van der Waals surface area contributed by atoms with Crippen LogP contribution in [-0.2, 0) is 14.2 Å². The first-order valence-corrected chi connectivity index (χ1v) is 5.41. The van der Waals surface area contributed by atoms with Crippen molar-refractivity contribution in [1.82, 2.24) is 5.32 Å². The van der Waals surface area contributed by atoms with Gasteiger partial charge in [0.15, 0.2) is 0 Å². The molecule has 0 fully saturated rings. The van der Waals surface area contributed by atoms with E-state index < -0.39 is 19.7 Å². The lowest BCUT2D eigenvalue weighted by atomic mass is 10.2. The molecule has 0 aliphatic rings. The zero-order valence-electron chi connectivity index (χ0n) is 7.14. The fourth-order valence-electron chi connectivity index (χ4n) is 0.566. The van der Waals surface area contributed by atoms with Gasteiger partial charge in [0.05, 0.1) is 0 Å². The molecule has 0 radical (unpaired) electrons. The number of carbonyl (C=O) groups is 2. The molecular formula is C6H12NO5P. The fraction of sp³-hybridized carbons (Fsp3) is 0.667. The van der Waals surface area contributed by atoms with E-state index in [-0.39, 0.29) is 12.5 Å². The van der Waals surface area contributed by atoms with Crippen molar-refractivity contribution >= 4 is 19.8 Å². The van der Waals surface area contributed by atoms with Gasteiger partial charge in [-0.1, -0.05) is 6.92 Å². The molecule has 3 N–H and O–H groups in total. The van der Waals surface area contributed by atoms with Gasteiger partial charge in [0.2, 0.25) is 5.91 Å². The molecule has 1 atom stereocenters. The van der Waals surface area contributed by atoms with Gasteiger partial charge < -0.3 is 19.9 Å². The first-order valence-electron chi connectivity index (χ1n) is 3.61. The number of carbonyl (C=O) groups excluding carboxylic acids is 2. The van der Waals surface area contributed by atoms with Gasteiger partial charge in [-0.15, -0.1) is 0 Å². The highest BCUT2D eigenvalue weighted by atomic mass is 31.2. The Morgan fingerprint density at radius 1 is 1.62 bits per heavy atom. The van der Waals surface area contributed by atoms with Crippen LogP contribution in [0.25, 0.3) is 0 Å². The van der Waals surface area contributed by atoms with Crippen LogP contribution < -0.4 is 5.32 Å². The second-order valence-corrected chi connectivity index (χ2v) is 4.39. The van der Waals surface area contributed by atoms with Gasteiger partial charge in [0, 0.05) is 12.5 Å². The lowest BCUT2D eigenvalue weighted by molar-refractivity contribution is -0.119. The molecule has 7 heteroatoms. The van der Waals surface area contributed by atoms with Crippen LogP contribution in [0.4, 0.5) is 0 Å². The van der Waals surface area contributed by atoms with Crippen LogP contribution in [0.1, 0.15) is 6.92 Å². The lowest BCUT2D eigenvalue weighted by Gasteiger charge is -2.07. The van der Waals surface area contributed by atoms with Gasteiger partial charge in [0.25, 0.3) is 0 Å². The van der Waals surface area contributed by atoms with Crippen molar-refractivity contribution in [2.24, 2.45) is 5.92 Å². The summed E-state index contributed by atoms with van der Waals surface area (Å²) in [6.45, 7) is 1.69. The Morgan fingerprint density at radius 2 is 2.15 bits per heavy atom. The zero-order chi connectivity index (χ0) is 10.5. The molecule has 0 heterocycles. The standard InChI is InChI=1S/C6H12NO5P/c1-5(3-8)2-7-6(9)4-13(10,11)12/h3,5H,2,4H2,1H3,(H,7,9)(H2,10,11,12). The third kappa shape index (κ3) is 7.64. The third-order valence-electron chi connectivity index (χ3n) is 1.20. The highest BCUT2D eigenvalue weighted by Crippen LogP contribution is 2.33. The normalized spacial score (nSPS) is 13.5. The summed E-state index contributed by atoms with van der Waals surface area (Å²) in [7, 11) is -4.29. The molecule has 0 rings (SSSR count). The highest BCUT2D eigenvalue weighted by Gasteiger charge is 2.18. The van der Waals surface area contributed by atoms with Crippen molar-refractivity contribution in [3.63, 3.8) is 0 Å². The number of rotatable bonds is 5. The Kier molecular flexibility index (Phi) is 4.83.